The molecule has 12 nitrogen and oxygen atoms in total. The third-order valence-corrected chi connectivity index (χ3v) is 11.6. The number of aromatic amines is 1. The lowest BCUT2D eigenvalue weighted by atomic mass is 10.1. The van der Waals surface area contributed by atoms with E-state index < -0.39 is 38.4 Å². The number of aromatic nitrogens is 2. The van der Waals surface area contributed by atoms with Crippen LogP contribution < -0.4 is 5.32 Å². The monoisotopic (exact) mass is 628 g/mol. The van der Waals surface area contributed by atoms with E-state index in [1.54, 1.807) is 18.2 Å². The minimum atomic E-state index is -4.16. The average Bonchev–Trinajstić information content (AvgIpc) is 3.51. The van der Waals surface area contributed by atoms with Crippen molar-refractivity contribution in [3.63, 3.8) is 0 Å². The van der Waals surface area contributed by atoms with E-state index in [1.807, 2.05) is 6.92 Å². The van der Waals surface area contributed by atoms with Gasteiger partial charge in [-0.05, 0) is 31.2 Å². The number of amides is 2. The van der Waals surface area contributed by atoms with Crippen LogP contribution >= 0.6 is 22.9 Å². The van der Waals surface area contributed by atoms with Gasteiger partial charge in [-0.15, -0.1) is 11.3 Å². The number of H-pyrrole nitrogens is 1. The first-order valence-electron chi connectivity index (χ1n) is 12.5. The maximum atomic E-state index is 13.8. The van der Waals surface area contributed by atoms with Crippen LogP contribution in [-0.2, 0) is 37.8 Å². The summed E-state index contributed by atoms with van der Waals surface area (Å²) in [7, 11) is -6.89. The van der Waals surface area contributed by atoms with E-state index in [9.17, 15) is 26.4 Å². The van der Waals surface area contributed by atoms with Crippen LogP contribution in [0.5, 0.6) is 0 Å². The molecule has 2 amide bonds. The number of benzene rings is 1. The Morgan fingerprint density at radius 1 is 1.20 bits per heavy atom. The predicted octanol–water partition coefficient (Wildman–Crippen LogP) is 1.64. The number of piperazine rings is 1. The van der Waals surface area contributed by atoms with Crippen molar-refractivity contribution in [2.45, 2.75) is 43.4 Å². The van der Waals surface area contributed by atoms with Crippen molar-refractivity contribution in [2.24, 2.45) is 0 Å². The molecule has 5 rings (SSSR count). The highest BCUT2D eigenvalue weighted by molar-refractivity contribution is 7.89. The number of nitrogens with zero attached hydrogens (tertiary/aromatic N) is 4. The summed E-state index contributed by atoms with van der Waals surface area (Å²) in [6, 6.07) is 5.63. The molecule has 40 heavy (non-hydrogen) atoms. The molecule has 0 aliphatic carbocycles. The number of thiazole rings is 1. The van der Waals surface area contributed by atoms with E-state index in [-0.39, 0.29) is 36.6 Å². The van der Waals surface area contributed by atoms with Crippen LogP contribution in [0.25, 0.3) is 10.9 Å². The molecular weight excluding hydrogens is 600 g/mol. The summed E-state index contributed by atoms with van der Waals surface area (Å²) < 4.78 is 53.4. The number of hydrogen-bond acceptors (Lipinski definition) is 9. The summed E-state index contributed by atoms with van der Waals surface area (Å²) in [5.41, 5.74) is 1.44. The van der Waals surface area contributed by atoms with E-state index in [0.29, 0.717) is 38.2 Å². The van der Waals surface area contributed by atoms with Gasteiger partial charge < -0.3 is 15.2 Å². The van der Waals surface area contributed by atoms with Crippen molar-refractivity contribution in [1.82, 2.24) is 28.8 Å². The number of halogens is 1. The van der Waals surface area contributed by atoms with Gasteiger partial charge >= 0.3 is 0 Å². The van der Waals surface area contributed by atoms with Crippen LogP contribution in [0.2, 0.25) is 5.02 Å². The van der Waals surface area contributed by atoms with Crippen LogP contribution in [0, 0.1) is 0 Å². The van der Waals surface area contributed by atoms with Crippen LogP contribution in [-0.4, -0.2) is 97.1 Å². The highest BCUT2D eigenvalue weighted by Gasteiger charge is 2.41. The second-order valence-corrected chi connectivity index (χ2v) is 15.5. The van der Waals surface area contributed by atoms with Gasteiger partial charge in [0.25, 0.3) is 15.9 Å². The summed E-state index contributed by atoms with van der Waals surface area (Å²) in [5, 5.41) is 4.61. The third-order valence-electron chi connectivity index (χ3n) is 7.19. The highest BCUT2D eigenvalue weighted by Crippen LogP contribution is 2.29. The van der Waals surface area contributed by atoms with E-state index >= 15 is 0 Å². The maximum Gasteiger partial charge on any atom is 0.282 e. The predicted molar refractivity (Wildman–Crippen MR) is 151 cm³/mol. The van der Waals surface area contributed by atoms with Crippen molar-refractivity contribution in [2.75, 3.05) is 32.9 Å². The molecule has 0 bridgehead atoms. The number of nitrogens with one attached hydrogen (secondary N) is 2. The number of carbonyl (C=O) groups is 2. The number of fused-ring (bicyclic) bond motifs is 2. The molecule has 16 heteroatoms. The lowest BCUT2D eigenvalue weighted by Crippen LogP contribution is -2.57. The van der Waals surface area contributed by atoms with Gasteiger partial charge in [0, 0.05) is 72.9 Å². The molecule has 1 aromatic carbocycles. The Labute approximate surface area is 241 Å². The normalized spacial score (nSPS) is 20.4. The Morgan fingerprint density at radius 2 is 1.95 bits per heavy atom. The van der Waals surface area contributed by atoms with Crippen molar-refractivity contribution >= 4 is 65.7 Å². The summed E-state index contributed by atoms with van der Waals surface area (Å²) in [6.07, 6.45) is 1.16. The lowest BCUT2D eigenvalue weighted by Gasteiger charge is -2.40. The number of hydrogen-bond donors (Lipinski definition) is 2. The SMILES string of the molecule is CC1Cc2nc(C(=O)N3CCN(S(=O)(=O)c4cc5cc(Cl)ccc5[nH]4)C(CC(=O)N(C)S(C)(=O)=O)C3)sc2CN1. The quantitative estimate of drug-likeness (QED) is 0.418. The molecule has 0 radical (unpaired) electrons. The smallest absolute Gasteiger partial charge is 0.282 e. The van der Waals surface area contributed by atoms with Gasteiger partial charge in [-0.2, -0.15) is 4.31 Å². The molecule has 3 aromatic rings. The Balaban J connectivity index is 1.44. The zero-order chi connectivity index (χ0) is 29.0. The first kappa shape index (κ1) is 29.0. The summed E-state index contributed by atoms with van der Waals surface area (Å²) in [6.45, 7) is 2.55. The molecule has 216 valence electrons. The number of sulfonamides is 2. The number of rotatable bonds is 6. The molecule has 0 saturated carbocycles. The van der Waals surface area contributed by atoms with Gasteiger partial charge in [0.2, 0.25) is 15.9 Å². The van der Waals surface area contributed by atoms with Gasteiger partial charge in [0.05, 0.1) is 18.0 Å². The molecule has 0 spiro atoms. The highest BCUT2D eigenvalue weighted by atomic mass is 35.5. The molecule has 4 heterocycles. The fourth-order valence-electron chi connectivity index (χ4n) is 4.90. The second-order valence-electron chi connectivity index (χ2n) is 10.1. The minimum Gasteiger partial charge on any atom is -0.345 e. The van der Waals surface area contributed by atoms with Crippen LogP contribution in [0.4, 0.5) is 0 Å². The number of carbonyl (C=O) groups excluding carboxylic acids is 2. The molecule has 2 N–H and O–H groups in total. The zero-order valence-electron chi connectivity index (χ0n) is 22.0. The van der Waals surface area contributed by atoms with Crippen molar-refractivity contribution in [3.05, 3.63) is 44.9 Å². The van der Waals surface area contributed by atoms with Crippen molar-refractivity contribution in [1.29, 1.82) is 0 Å². The lowest BCUT2D eigenvalue weighted by molar-refractivity contribution is -0.126. The maximum absolute atomic E-state index is 13.8. The molecule has 2 atom stereocenters. The van der Waals surface area contributed by atoms with E-state index in [0.717, 1.165) is 28.2 Å². The summed E-state index contributed by atoms with van der Waals surface area (Å²) in [5.74, 6) is -1.13. The first-order valence-corrected chi connectivity index (χ1v) is 17.0. The van der Waals surface area contributed by atoms with Crippen LogP contribution in [0.3, 0.4) is 0 Å². The van der Waals surface area contributed by atoms with Gasteiger partial charge in [-0.3, -0.25) is 9.59 Å². The fraction of sp³-hybridized carbons (Fsp3) is 0.458. The van der Waals surface area contributed by atoms with E-state index in [1.165, 1.54) is 22.3 Å². The largest absolute Gasteiger partial charge is 0.345 e. The third kappa shape index (κ3) is 5.63. The molecular formula is C24H29ClN6O6S3. The zero-order valence-corrected chi connectivity index (χ0v) is 25.3. The Hall–Kier alpha value is -2.56. The molecule has 2 aromatic heterocycles. The average molecular weight is 629 g/mol. The van der Waals surface area contributed by atoms with Gasteiger partial charge in [-0.25, -0.2) is 26.1 Å². The second kappa shape index (κ2) is 10.7. The van der Waals surface area contributed by atoms with Crippen molar-refractivity contribution in [3.8, 4) is 0 Å². The Bertz CT molecular complexity index is 1700. The fourth-order valence-corrected chi connectivity index (χ4v) is 8.16. The molecule has 1 saturated heterocycles. The Morgan fingerprint density at radius 3 is 2.67 bits per heavy atom. The molecule has 2 aliphatic rings. The molecule has 2 unspecified atom stereocenters. The summed E-state index contributed by atoms with van der Waals surface area (Å²) >= 11 is 7.37. The molecule has 1 fully saturated rings. The standard InChI is InChI=1S/C24H29ClN6O6S3/c1-14-8-19-20(12-26-14)38-23(28-19)24(33)30-6-7-31(17(13-30)11-22(32)29(2)39(3,34)35)40(36,37)21-10-15-9-16(25)4-5-18(15)27-21/h4-5,9-10,14,17,26-27H,6-8,11-13H2,1-3H3. The topological polar surface area (TPSA) is 153 Å². The van der Waals surface area contributed by atoms with Gasteiger partial charge in [0.1, 0.15) is 5.03 Å². The summed E-state index contributed by atoms with van der Waals surface area (Å²) in [4.78, 5) is 36.3. The van der Waals surface area contributed by atoms with Crippen molar-refractivity contribution < 1.29 is 26.4 Å². The van der Waals surface area contributed by atoms with Crippen LogP contribution in [0.1, 0.15) is 33.7 Å². The van der Waals surface area contributed by atoms with Crippen LogP contribution in [0.15, 0.2) is 29.3 Å². The minimum absolute atomic E-state index is 0.0790. The van der Waals surface area contributed by atoms with E-state index in [2.05, 4.69) is 15.3 Å². The van der Waals surface area contributed by atoms with Gasteiger partial charge in [0.15, 0.2) is 5.01 Å². The van der Waals surface area contributed by atoms with Gasteiger partial charge in [-0.1, -0.05) is 11.6 Å². The Kier molecular flexibility index (Phi) is 7.74. The first-order chi connectivity index (χ1) is 18.7. The van der Waals surface area contributed by atoms with E-state index in [4.69, 9.17) is 11.6 Å². The molecule has 2 aliphatic heterocycles.